The van der Waals surface area contributed by atoms with Crippen LogP contribution < -0.4 is 16.4 Å². The molecule has 0 spiro atoms. The SMILES string of the molecule is NC1CCc2cc(NC(=O)Nc3ccc(C(F)(F)F)cc3)ccc2C1. The van der Waals surface area contributed by atoms with E-state index in [1.165, 1.54) is 17.7 Å². The lowest BCUT2D eigenvalue weighted by molar-refractivity contribution is -0.137. The van der Waals surface area contributed by atoms with Crippen LogP contribution in [0.3, 0.4) is 0 Å². The molecule has 7 heteroatoms. The minimum atomic E-state index is -4.40. The number of urea groups is 1. The van der Waals surface area contributed by atoms with E-state index in [0.29, 0.717) is 5.69 Å². The first kappa shape index (κ1) is 17.3. The topological polar surface area (TPSA) is 67.1 Å². The lowest BCUT2D eigenvalue weighted by atomic mass is 9.88. The number of rotatable bonds is 2. The van der Waals surface area contributed by atoms with Gasteiger partial charge >= 0.3 is 12.2 Å². The third kappa shape index (κ3) is 4.30. The molecule has 1 aliphatic carbocycles. The summed E-state index contributed by atoms with van der Waals surface area (Å²) >= 11 is 0. The normalized spacial score (nSPS) is 16.9. The number of fused-ring (bicyclic) bond motifs is 1. The van der Waals surface area contributed by atoms with Gasteiger partial charge in [0.05, 0.1) is 5.56 Å². The summed E-state index contributed by atoms with van der Waals surface area (Å²) in [7, 11) is 0. The Bertz CT molecular complexity index is 772. The molecule has 0 saturated carbocycles. The summed E-state index contributed by atoms with van der Waals surface area (Å²) in [5.74, 6) is 0. The van der Waals surface area contributed by atoms with Crippen molar-refractivity contribution in [3.8, 4) is 0 Å². The van der Waals surface area contributed by atoms with Gasteiger partial charge in [-0.15, -0.1) is 0 Å². The first-order valence-corrected chi connectivity index (χ1v) is 7.94. The number of alkyl halides is 3. The molecule has 132 valence electrons. The van der Waals surface area contributed by atoms with Crippen LogP contribution in [0.2, 0.25) is 0 Å². The minimum absolute atomic E-state index is 0.175. The molecule has 25 heavy (non-hydrogen) atoms. The van der Waals surface area contributed by atoms with Crippen LogP contribution in [0, 0.1) is 0 Å². The average molecular weight is 349 g/mol. The van der Waals surface area contributed by atoms with Gasteiger partial charge in [0.1, 0.15) is 0 Å². The van der Waals surface area contributed by atoms with E-state index < -0.39 is 17.8 Å². The van der Waals surface area contributed by atoms with Crippen molar-refractivity contribution in [3.05, 3.63) is 59.2 Å². The number of nitrogens with two attached hydrogens (primary N) is 1. The summed E-state index contributed by atoms with van der Waals surface area (Å²) in [6.45, 7) is 0. The number of nitrogens with one attached hydrogen (secondary N) is 2. The third-order valence-corrected chi connectivity index (χ3v) is 4.20. The van der Waals surface area contributed by atoms with Crippen molar-refractivity contribution in [1.82, 2.24) is 0 Å². The van der Waals surface area contributed by atoms with E-state index >= 15 is 0 Å². The van der Waals surface area contributed by atoms with E-state index in [2.05, 4.69) is 10.6 Å². The van der Waals surface area contributed by atoms with Crippen molar-refractivity contribution in [1.29, 1.82) is 0 Å². The summed E-state index contributed by atoms with van der Waals surface area (Å²) in [5, 5.41) is 5.21. The van der Waals surface area contributed by atoms with Crippen molar-refractivity contribution in [2.45, 2.75) is 31.5 Å². The van der Waals surface area contributed by atoms with Crippen LogP contribution in [0.15, 0.2) is 42.5 Å². The molecule has 0 bridgehead atoms. The molecule has 4 nitrogen and oxygen atoms in total. The molecule has 0 fully saturated rings. The van der Waals surface area contributed by atoms with Gasteiger partial charge < -0.3 is 16.4 Å². The van der Waals surface area contributed by atoms with Gasteiger partial charge in [-0.3, -0.25) is 0 Å². The van der Waals surface area contributed by atoms with Crippen LogP contribution in [0.1, 0.15) is 23.1 Å². The van der Waals surface area contributed by atoms with Crippen LogP contribution >= 0.6 is 0 Å². The van der Waals surface area contributed by atoms with Gasteiger partial charge in [-0.1, -0.05) is 6.07 Å². The molecule has 2 aromatic rings. The molecule has 1 unspecified atom stereocenters. The molecule has 0 heterocycles. The fraction of sp³-hybridized carbons (Fsp3) is 0.278. The Kier molecular flexibility index (Phi) is 4.67. The number of aryl methyl sites for hydroxylation is 1. The molecule has 2 aromatic carbocycles. The van der Waals surface area contributed by atoms with E-state index in [-0.39, 0.29) is 11.7 Å². The standard InChI is InChI=1S/C18H18F3N3O/c19-18(20,21)13-3-7-15(8-4-13)23-17(25)24-16-6-2-11-9-14(22)5-1-12(11)10-16/h2-4,6-8,10,14H,1,5,9,22H2,(H2,23,24,25). The first-order chi connectivity index (χ1) is 11.8. The maximum atomic E-state index is 12.5. The lowest BCUT2D eigenvalue weighted by Gasteiger charge is -2.22. The number of halogens is 3. The summed E-state index contributed by atoms with van der Waals surface area (Å²) in [4.78, 5) is 12.0. The van der Waals surface area contributed by atoms with Crippen molar-refractivity contribution >= 4 is 17.4 Å². The smallest absolute Gasteiger partial charge is 0.327 e. The van der Waals surface area contributed by atoms with E-state index in [0.717, 1.165) is 37.0 Å². The predicted molar refractivity (Wildman–Crippen MR) is 90.5 cm³/mol. The van der Waals surface area contributed by atoms with Crippen LogP contribution in [0.4, 0.5) is 29.3 Å². The Morgan fingerprint density at radius 1 is 1.00 bits per heavy atom. The lowest BCUT2D eigenvalue weighted by Crippen LogP contribution is -2.28. The van der Waals surface area contributed by atoms with E-state index in [4.69, 9.17) is 5.73 Å². The number of hydrogen-bond acceptors (Lipinski definition) is 2. The molecule has 3 rings (SSSR count). The second-order valence-corrected chi connectivity index (χ2v) is 6.14. The third-order valence-electron chi connectivity index (χ3n) is 4.20. The summed E-state index contributed by atoms with van der Waals surface area (Å²) in [6.07, 6.45) is -1.79. The summed E-state index contributed by atoms with van der Waals surface area (Å²) < 4.78 is 37.6. The fourth-order valence-corrected chi connectivity index (χ4v) is 2.90. The molecular weight excluding hydrogens is 331 g/mol. The zero-order valence-electron chi connectivity index (χ0n) is 13.4. The van der Waals surface area contributed by atoms with Crippen LogP contribution in [-0.4, -0.2) is 12.1 Å². The second kappa shape index (κ2) is 6.76. The summed E-state index contributed by atoms with van der Waals surface area (Å²) in [5.41, 5.74) is 8.46. The fourth-order valence-electron chi connectivity index (χ4n) is 2.90. The van der Waals surface area contributed by atoms with Crippen LogP contribution in [0.25, 0.3) is 0 Å². The van der Waals surface area contributed by atoms with Gasteiger partial charge in [-0.2, -0.15) is 13.2 Å². The quantitative estimate of drug-likeness (QED) is 0.762. The number of carbonyl (C=O) groups is 1. The van der Waals surface area contributed by atoms with Crippen molar-refractivity contribution in [2.75, 3.05) is 10.6 Å². The van der Waals surface area contributed by atoms with Crippen LogP contribution in [-0.2, 0) is 19.0 Å². The molecule has 0 aliphatic heterocycles. The van der Waals surface area contributed by atoms with Gasteiger partial charge in [0.15, 0.2) is 0 Å². The van der Waals surface area contributed by atoms with Crippen molar-refractivity contribution in [3.63, 3.8) is 0 Å². The number of amides is 2. The molecule has 0 aromatic heterocycles. The largest absolute Gasteiger partial charge is 0.416 e. The Hall–Kier alpha value is -2.54. The molecule has 1 aliphatic rings. The van der Waals surface area contributed by atoms with E-state index in [1.54, 1.807) is 6.07 Å². The highest BCUT2D eigenvalue weighted by Gasteiger charge is 2.30. The van der Waals surface area contributed by atoms with E-state index in [9.17, 15) is 18.0 Å². The first-order valence-electron chi connectivity index (χ1n) is 7.94. The van der Waals surface area contributed by atoms with Crippen molar-refractivity contribution in [2.24, 2.45) is 5.73 Å². The Morgan fingerprint density at radius 2 is 1.64 bits per heavy atom. The zero-order valence-corrected chi connectivity index (χ0v) is 13.4. The van der Waals surface area contributed by atoms with Gasteiger partial charge in [-0.05, 0) is 66.8 Å². The van der Waals surface area contributed by atoms with Gasteiger partial charge in [-0.25, -0.2) is 4.79 Å². The molecule has 2 amide bonds. The second-order valence-electron chi connectivity index (χ2n) is 6.14. The molecule has 4 N–H and O–H groups in total. The number of anilines is 2. The molecule has 1 atom stereocenters. The Morgan fingerprint density at radius 3 is 2.32 bits per heavy atom. The average Bonchev–Trinajstić information content (AvgIpc) is 2.54. The number of benzene rings is 2. The van der Waals surface area contributed by atoms with Gasteiger partial charge in [0, 0.05) is 17.4 Å². The maximum absolute atomic E-state index is 12.5. The Labute approximate surface area is 143 Å². The monoisotopic (exact) mass is 349 g/mol. The molecule has 0 saturated heterocycles. The number of hydrogen-bond donors (Lipinski definition) is 3. The van der Waals surface area contributed by atoms with Gasteiger partial charge in [0.25, 0.3) is 0 Å². The highest BCUT2D eigenvalue weighted by Crippen LogP contribution is 2.30. The summed E-state index contributed by atoms with van der Waals surface area (Å²) in [6, 6.07) is 9.61. The van der Waals surface area contributed by atoms with Crippen molar-refractivity contribution < 1.29 is 18.0 Å². The maximum Gasteiger partial charge on any atom is 0.416 e. The predicted octanol–water partition coefficient (Wildman–Crippen LogP) is 4.17. The van der Waals surface area contributed by atoms with Gasteiger partial charge in [0.2, 0.25) is 0 Å². The zero-order chi connectivity index (χ0) is 18.0. The van der Waals surface area contributed by atoms with Crippen LogP contribution in [0.5, 0.6) is 0 Å². The Balaban J connectivity index is 1.63. The highest BCUT2D eigenvalue weighted by molar-refractivity contribution is 5.99. The molecular formula is C18H18F3N3O. The number of carbonyl (C=O) groups excluding carboxylic acids is 1. The molecule has 0 radical (unpaired) electrons. The minimum Gasteiger partial charge on any atom is -0.327 e. The highest BCUT2D eigenvalue weighted by atomic mass is 19.4. The van der Waals surface area contributed by atoms with E-state index in [1.807, 2.05) is 12.1 Å².